The van der Waals surface area contributed by atoms with Gasteiger partial charge in [-0.25, -0.2) is 10.5 Å². The zero-order valence-corrected chi connectivity index (χ0v) is 14.0. The Balaban J connectivity index is 1.93. The van der Waals surface area contributed by atoms with Gasteiger partial charge in [-0.05, 0) is 61.9 Å². The Labute approximate surface area is 141 Å². The SMILES string of the molecule is CC(C)Oc1ncccc1-c1ccc2c(c1)CC(C(=O)NO)CC2. The average Bonchev–Trinajstić information content (AvgIpc) is 2.60. The molecule has 0 radical (unpaired) electrons. The highest BCUT2D eigenvalue weighted by Gasteiger charge is 2.25. The van der Waals surface area contributed by atoms with Gasteiger partial charge in [0.15, 0.2) is 0 Å². The summed E-state index contributed by atoms with van der Waals surface area (Å²) in [6.07, 6.45) is 4.01. The molecule has 1 aliphatic rings. The van der Waals surface area contributed by atoms with Crippen LogP contribution < -0.4 is 10.2 Å². The molecule has 2 N–H and O–H groups in total. The van der Waals surface area contributed by atoms with E-state index in [0.29, 0.717) is 12.3 Å². The third-order valence-electron chi connectivity index (χ3n) is 4.35. The zero-order chi connectivity index (χ0) is 17.1. The number of carbonyl (C=O) groups is 1. The molecule has 1 aliphatic carbocycles. The van der Waals surface area contributed by atoms with Crippen LogP contribution in [0.2, 0.25) is 0 Å². The summed E-state index contributed by atoms with van der Waals surface area (Å²) >= 11 is 0. The van der Waals surface area contributed by atoms with E-state index in [1.165, 1.54) is 5.56 Å². The first-order valence-corrected chi connectivity index (χ1v) is 8.26. The van der Waals surface area contributed by atoms with Crippen LogP contribution in [0.1, 0.15) is 31.4 Å². The summed E-state index contributed by atoms with van der Waals surface area (Å²) in [6, 6.07) is 10.2. The lowest BCUT2D eigenvalue weighted by molar-refractivity contribution is -0.133. The van der Waals surface area contributed by atoms with Gasteiger partial charge in [-0.2, -0.15) is 0 Å². The molecule has 0 saturated carbocycles. The van der Waals surface area contributed by atoms with Gasteiger partial charge in [0.1, 0.15) is 0 Å². The minimum absolute atomic E-state index is 0.0499. The summed E-state index contributed by atoms with van der Waals surface area (Å²) < 4.78 is 5.81. The predicted molar refractivity (Wildman–Crippen MR) is 90.9 cm³/mol. The number of rotatable bonds is 4. The lowest BCUT2D eigenvalue weighted by atomic mass is 9.82. The van der Waals surface area contributed by atoms with Crippen LogP contribution in [0.5, 0.6) is 5.88 Å². The summed E-state index contributed by atoms with van der Waals surface area (Å²) in [5.41, 5.74) is 6.16. The summed E-state index contributed by atoms with van der Waals surface area (Å²) in [7, 11) is 0. The van der Waals surface area contributed by atoms with E-state index in [9.17, 15) is 4.79 Å². The van der Waals surface area contributed by atoms with Crippen LogP contribution in [0, 0.1) is 5.92 Å². The molecule has 0 saturated heterocycles. The van der Waals surface area contributed by atoms with Crippen molar-refractivity contribution in [1.29, 1.82) is 0 Å². The van der Waals surface area contributed by atoms with Gasteiger partial charge in [0.05, 0.1) is 6.10 Å². The summed E-state index contributed by atoms with van der Waals surface area (Å²) in [5.74, 6) is 0.127. The summed E-state index contributed by atoms with van der Waals surface area (Å²) in [4.78, 5) is 16.1. The summed E-state index contributed by atoms with van der Waals surface area (Å²) in [6.45, 7) is 3.95. The first kappa shape index (κ1) is 16.5. The van der Waals surface area contributed by atoms with Crippen molar-refractivity contribution in [3.8, 4) is 17.0 Å². The second kappa shape index (κ2) is 7.01. The number of benzene rings is 1. The van der Waals surface area contributed by atoms with Gasteiger partial charge in [-0.1, -0.05) is 18.2 Å². The molecule has 1 aromatic carbocycles. The number of hydroxylamine groups is 1. The summed E-state index contributed by atoms with van der Waals surface area (Å²) in [5, 5.41) is 8.86. The van der Waals surface area contributed by atoms with Crippen LogP contribution in [0.15, 0.2) is 36.5 Å². The quantitative estimate of drug-likeness (QED) is 0.669. The number of aromatic nitrogens is 1. The Morgan fingerprint density at radius 3 is 2.92 bits per heavy atom. The smallest absolute Gasteiger partial charge is 0.246 e. The van der Waals surface area contributed by atoms with Crippen molar-refractivity contribution in [2.24, 2.45) is 5.92 Å². The first-order valence-electron chi connectivity index (χ1n) is 8.26. The highest BCUT2D eigenvalue weighted by atomic mass is 16.5. The van der Waals surface area contributed by atoms with Crippen molar-refractivity contribution in [2.45, 2.75) is 39.2 Å². The van der Waals surface area contributed by atoms with Crippen molar-refractivity contribution in [1.82, 2.24) is 10.5 Å². The maximum absolute atomic E-state index is 11.7. The molecule has 1 atom stereocenters. The number of nitrogens with zero attached hydrogens (tertiary/aromatic N) is 1. The van der Waals surface area contributed by atoms with Crippen molar-refractivity contribution in [2.75, 3.05) is 0 Å². The maximum atomic E-state index is 11.7. The topological polar surface area (TPSA) is 71.5 Å². The predicted octanol–water partition coefficient (Wildman–Crippen LogP) is 3.15. The number of hydrogen-bond donors (Lipinski definition) is 2. The Bertz CT molecular complexity index is 743. The van der Waals surface area contributed by atoms with E-state index in [1.807, 2.05) is 26.0 Å². The van der Waals surface area contributed by atoms with Gasteiger partial charge in [0.25, 0.3) is 0 Å². The van der Waals surface area contributed by atoms with Crippen LogP contribution in [-0.2, 0) is 17.6 Å². The van der Waals surface area contributed by atoms with E-state index in [1.54, 1.807) is 11.7 Å². The van der Waals surface area contributed by atoms with Gasteiger partial charge in [-0.3, -0.25) is 10.0 Å². The molecular weight excluding hydrogens is 304 g/mol. The van der Waals surface area contributed by atoms with Crippen LogP contribution in [-0.4, -0.2) is 22.2 Å². The second-order valence-corrected chi connectivity index (χ2v) is 6.42. The van der Waals surface area contributed by atoms with Crippen molar-refractivity contribution in [3.05, 3.63) is 47.7 Å². The van der Waals surface area contributed by atoms with Crippen LogP contribution in [0.4, 0.5) is 0 Å². The second-order valence-electron chi connectivity index (χ2n) is 6.42. The van der Waals surface area contributed by atoms with Gasteiger partial charge in [0, 0.05) is 17.7 Å². The number of carbonyl (C=O) groups excluding carboxylic acids is 1. The van der Waals surface area contributed by atoms with E-state index in [2.05, 4.69) is 23.2 Å². The molecule has 0 spiro atoms. The standard InChI is InChI=1S/C19H22N2O3/c1-12(2)24-19-17(4-3-9-20-19)14-7-5-13-6-8-15(18(22)21-23)11-16(13)10-14/h3-5,7,9-10,12,15,23H,6,8,11H2,1-2H3,(H,21,22). The van der Waals surface area contributed by atoms with E-state index in [4.69, 9.17) is 9.94 Å². The van der Waals surface area contributed by atoms with Crippen molar-refractivity contribution >= 4 is 5.91 Å². The van der Waals surface area contributed by atoms with Crippen molar-refractivity contribution in [3.63, 3.8) is 0 Å². The lowest BCUT2D eigenvalue weighted by Crippen LogP contribution is -2.31. The number of nitrogens with one attached hydrogen (secondary N) is 1. The minimum Gasteiger partial charge on any atom is -0.475 e. The van der Waals surface area contributed by atoms with Gasteiger partial charge in [0.2, 0.25) is 11.8 Å². The number of pyridine rings is 1. The molecule has 0 fully saturated rings. The van der Waals surface area contributed by atoms with Gasteiger partial charge in [-0.15, -0.1) is 0 Å². The Hall–Kier alpha value is -2.40. The third kappa shape index (κ3) is 3.41. The lowest BCUT2D eigenvalue weighted by Gasteiger charge is -2.23. The van der Waals surface area contributed by atoms with Crippen LogP contribution in [0.3, 0.4) is 0 Å². The Morgan fingerprint density at radius 2 is 2.17 bits per heavy atom. The number of amides is 1. The molecule has 126 valence electrons. The van der Waals surface area contributed by atoms with Gasteiger partial charge >= 0.3 is 0 Å². The monoisotopic (exact) mass is 326 g/mol. The third-order valence-corrected chi connectivity index (χ3v) is 4.35. The minimum atomic E-state index is -0.309. The molecule has 2 aromatic rings. The number of hydrogen-bond acceptors (Lipinski definition) is 4. The Morgan fingerprint density at radius 1 is 1.33 bits per heavy atom. The molecular formula is C19H22N2O3. The maximum Gasteiger partial charge on any atom is 0.246 e. The molecule has 1 amide bonds. The van der Waals surface area contributed by atoms with Gasteiger partial charge < -0.3 is 4.74 Å². The fourth-order valence-corrected chi connectivity index (χ4v) is 3.17. The number of ether oxygens (including phenoxy) is 1. The van der Waals surface area contributed by atoms with E-state index in [0.717, 1.165) is 29.5 Å². The number of aryl methyl sites for hydroxylation is 1. The molecule has 1 heterocycles. The van der Waals surface area contributed by atoms with E-state index >= 15 is 0 Å². The van der Waals surface area contributed by atoms with Crippen LogP contribution >= 0.6 is 0 Å². The zero-order valence-electron chi connectivity index (χ0n) is 14.0. The Kier molecular flexibility index (Phi) is 4.81. The van der Waals surface area contributed by atoms with E-state index < -0.39 is 0 Å². The molecule has 3 rings (SSSR count). The number of fused-ring (bicyclic) bond motifs is 1. The normalized spacial score (nSPS) is 16.6. The molecule has 24 heavy (non-hydrogen) atoms. The fourth-order valence-electron chi connectivity index (χ4n) is 3.17. The van der Waals surface area contributed by atoms with Crippen molar-refractivity contribution < 1.29 is 14.7 Å². The first-order chi connectivity index (χ1) is 11.6. The highest BCUT2D eigenvalue weighted by Crippen LogP contribution is 2.33. The molecule has 0 aliphatic heterocycles. The molecule has 1 aromatic heterocycles. The molecule has 0 bridgehead atoms. The largest absolute Gasteiger partial charge is 0.475 e. The van der Waals surface area contributed by atoms with E-state index in [-0.39, 0.29) is 17.9 Å². The fraction of sp³-hybridized carbons (Fsp3) is 0.368. The molecule has 5 nitrogen and oxygen atoms in total. The van der Waals surface area contributed by atoms with Crippen LogP contribution in [0.25, 0.3) is 11.1 Å². The molecule has 1 unspecified atom stereocenters. The average molecular weight is 326 g/mol. The molecule has 5 heteroatoms. The highest BCUT2D eigenvalue weighted by molar-refractivity contribution is 5.78.